The Bertz CT molecular complexity index is 642. The molecular formula is C14H17F2N3OS. The molecule has 0 spiro atoms. The van der Waals surface area contributed by atoms with Crippen molar-refractivity contribution < 1.29 is 13.5 Å². The number of hydrogen-bond donors (Lipinski definition) is 2. The summed E-state index contributed by atoms with van der Waals surface area (Å²) in [5.74, 6) is -0.411. The first-order chi connectivity index (χ1) is 10.2. The Hall–Kier alpha value is -1.73. The molecule has 7 heteroatoms. The normalized spacial score (nSPS) is 11.9. The molecule has 21 heavy (non-hydrogen) atoms. The number of nitrogens with two attached hydrogens (primary N) is 1. The van der Waals surface area contributed by atoms with Crippen molar-refractivity contribution in [1.29, 1.82) is 0 Å². The molecule has 0 radical (unpaired) electrons. The molecule has 1 aromatic carbocycles. The van der Waals surface area contributed by atoms with Gasteiger partial charge in [0.15, 0.2) is 16.7 Å². The highest BCUT2D eigenvalue weighted by Crippen LogP contribution is 2.33. The van der Waals surface area contributed by atoms with E-state index in [9.17, 15) is 8.78 Å². The number of halogens is 2. The van der Waals surface area contributed by atoms with E-state index in [1.54, 1.807) is 6.07 Å². The highest BCUT2D eigenvalue weighted by atomic mass is 32.1. The van der Waals surface area contributed by atoms with Crippen LogP contribution in [0, 0.1) is 5.82 Å². The first-order valence-corrected chi connectivity index (χ1v) is 7.45. The molecule has 2 rings (SSSR count). The van der Waals surface area contributed by atoms with Crippen molar-refractivity contribution in [2.24, 2.45) is 5.73 Å². The quantitative estimate of drug-likeness (QED) is 0.822. The lowest BCUT2D eigenvalue weighted by Gasteiger charge is -2.08. The maximum Gasteiger partial charge on any atom is 0.184 e. The highest BCUT2D eigenvalue weighted by molar-refractivity contribution is 7.22. The zero-order chi connectivity index (χ0) is 15.2. The second kappa shape index (κ2) is 7.33. The molecule has 0 aliphatic heterocycles. The Balaban J connectivity index is 2.20. The second-order valence-corrected chi connectivity index (χ2v) is 5.43. The van der Waals surface area contributed by atoms with E-state index in [2.05, 4.69) is 10.3 Å². The molecule has 114 valence electrons. The van der Waals surface area contributed by atoms with Crippen LogP contribution in [-0.4, -0.2) is 24.7 Å². The summed E-state index contributed by atoms with van der Waals surface area (Å²) in [6.45, 7) is 2.79. The van der Waals surface area contributed by atoms with E-state index in [-0.39, 0.29) is 24.5 Å². The molecule has 0 unspecified atom stereocenters. The van der Waals surface area contributed by atoms with Gasteiger partial charge in [0.05, 0.1) is 16.5 Å². The van der Waals surface area contributed by atoms with Crippen LogP contribution in [0.25, 0.3) is 10.2 Å². The third-order valence-corrected chi connectivity index (χ3v) is 3.84. The average Bonchev–Trinajstić information content (AvgIpc) is 2.92. The van der Waals surface area contributed by atoms with Gasteiger partial charge in [-0.15, -0.1) is 0 Å². The van der Waals surface area contributed by atoms with E-state index in [0.717, 1.165) is 13.0 Å². The van der Waals surface area contributed by atoms with Crippen LogP contribution in [0.5, 0.6) is 5.75 Å². The summed E-state index contributed by atoms with van der Waals surface area (Å²) in [5.41, 5.74) is 6.17. The van der Waals surface area contributed by atoms with Gasteiger partial charge in [0.1, 0.15) is 6.61 Å². The number of rotatable bonds is 7. The monoisotopic (exact) mass is 313 g/mol. The van der Waals surface area contributed by atoms with Gasteiger partial charge in [-0.05, 0) is 18.6 Å². The van der Waals surface area contributed by atoms with Gasteiger partial charge in [0, 0.05) is 18.7 Å². The van der Waals surface area contributed by atoms with Crippen molar-refractivity contribution in [3.8, 4) is 5.75 Å². The molecule has 3 N–H and O–H groups in total. The zero-order valence-electron chi connectivity index (χ0n) is 11.7. The molecule has 0 amide bonds. The van der Waals surface area contributed by atoms with Gasteiger partial charge in [0.25, 0.3) is 0 Å². The van der Waals surface area contributed by atoms with Gasteiger partial charge in [-0.1, -0.05) is 18.3 Å². The number of nitrogens with one attached hydrogen (secondary N) is 1. The van der Waals surface area contributed by atoms with Crippen LogP contribution in [0.15, 0.2) is 24.0 Å². The highest BCUT2D eigenvalue weighted by Gasteiger charge is 2.13. The Morgan fingerprint density at radius 3 is 3.00 bits per heavy atom. The molecule has 0 saturated heterocycles. The van der Waals surface area contributed by atoms with E-state index < -0.39 is 5.82 Å². The molecule has 0 aliphatic carbocycles. The minimum atomic E-state index is -0.482. The molecule has 0 bridgehead atoms. The van der Waals surface area contributed by atoms with Crippen molar-refractivity contribution >= 4 is 26.7 Å². The van der Waals surface area contributed by atoms with Gasteiger partial charge in [-0.3, -0.25) is 0 Å². The summed E-state index contributed by atoms with van der Waals surface area (Å²) in [5, 5.41) is 3.80. The third kappa shape index (κ3) is 3.68. The molecule has 2 aromatic rings. The van der Waals surface area contributed by atoms with E-state index in [4.69, 9.17) is 10.5 Å². The molecular weight excluding hydrogens is 296 g/mol. The van der Waals surface area contributed by atoms with Crippen molar-refractivity contribution in [1.82, 2.24) is 4.98 Å². The Kier molecular flexibility index (Phi) is 5.46. The summed E-state index contributed by atoms with van der Waals surface area (Å²) in [7, 11) is 0. The first kappa shape index (κ1) is 15.7. The van der Waals surface area contributed by atoms with E-state index in [1.807, 2.05) is 6.92 Å². The van der Waals surface area contributed by atoms with Crippen LogP contribution in [0.2, 0.25) is 0 Å². The fourth-order valence-electron chi connectivity index (χ4n) is 1.67. The van der Waals surface area contributed by atoms with Crippen molar-refractivity contribution in [2.45, 2.75) is 13.3 Å². The fourth-order valence-corrected chi connectivity index (χ4v) is 2.59. The van der Waals surface area contributed by atoms with E-state index >= 15 is 0 Å². The molecule has 0 saturated carbocycles. The van der Waals surface area contributed by atoms with Gasteiger partial charge in [-0.2, -0.15) is 0 Å². The number of nitrogens with zero attached hydrogens (tertiary/aromatic N) is 1. The molecule has 1 aromatic heterocycles. The number of fused-ring (bicyclic) bond motifs is 1. The minimum Gasteiger partial charge on any atom is -0.486 e. The fraction of sp³-hybridized carbons (Fsp3) is 0.357. The third-order valence-electron chi connectivity index (χ3n) is 2.82. The van der Waals surface area contributed by atoms with Crippen LogP contribution in [0.4, 0.5) is 13.9 Å². The second-order valence-electron chi connectivity index (χ2n) is 4.43. The van der Waals surface area contributed by atoms with Crippen molar-refractivity contribution in [3.05, 3.63) is 29.9 Å². The van der Waals surface area contributed by atoms with Gasteiger partial charge < -0.3 is 15.8 Å². The number of aromatic nitrogens is 1. The lowest BCUT2D eigenvalue weighted by atomic mass is 10.3. The Morgan fingerprint density at radius 2 is 2.33 bits per heavy atom. The lowest BCUT2D eigenvalue weighted by Crippen LogP contribution is -2.11. The molecule has 0 fully saturated rings. The maximum atomic E-state index is 14.3. The zero-order valence-corrected chi connectivity index (χ0v) is 12.5. The number of hydrogen-bond acceptors (Lipinski definition) is 5. The van der Waals surface area contributed by atoms with Crippen LogP contribution < -0.4 is 15.8 Å². The van der Waals surface area contributed by atoms with Crippen LogP contribution >= 0.6 is 11.3 Å². The predicted molar refractivity (Wildman–Crippen MR) is 82.1 cm³/mol. The SMILES string of the molecule is CCCNc1nc2ccc(OC/C(=C\F)CN)c(F)c2s1. The molecule has 4 nitrogen and oxygen atoms in total. The lowest BCUT2D eigenvalue weighted by molar-refractivity contribution is 0.330. The van der Waals surface area contributed by atoms with Crippen LogP contribution in [-0.2, 0) is 0 Å². The Morgan fingerprint density at radius 1 is 1.52 bits per heavy atom. The van der Waals surface area contributed by atoms with Crippen molar-refractivity contribution in [3.63, 3.8) is 0 Å². The van der Waals surface area contributed by atoms with Crippen molar-refractivity contribution in [2.75, 3.05) is 25.0 Å². The molecule has 0 aliphatic rings. The van der Waals surface area contributed by atoms with E-state index in [1.165, 1.54) is 17.4 Å². The smallest absolute Gasteiger partial charge is 0.184 e. The van der Waals surface area contributed by atoms with Gasteiger partial charge in [-0.25, -0.2) is 13.8 Å². The number of ether oxygens (including phenoxy) is 1. The summed E-state index contributed by atoms with van der Waals surface area (Å²) in [6.07, 6.45) is 1.35. The summed E-state index contributed by atoms with van der Waals surface area (Å²) in [4.78, 5) is 4.30. The first-order valence-electron chi connectivity index (χ1n) is 6.63. The molecule has 1 heterocycles. The summed E-state index contributed by atoms with van der Waals surface area (Å²) >= 11 is 1.23. The number of thiazole rings is 1. The van der Waals surface area contributed by atoms with Gasteiger partial charge in [0.2, 0.25) is 0 Å². The Labute approximate surface area is 125 Å². The molecule has 0 atom stereocenters. The summed E-state index contributed by atoms with van der Waals surface area (Å²) in [6, 6.07) is 3.18. The van der Waals surface area contributed by atoms with Gasteiger partial charge >= 0.3 is 0 Å². The topological polar surface area (TPSA) is 60.2 Å². The minimum absolute atomic E-state index is 0.0337. The summed E-state index contributed by atoms with van der Waals surface area (Å²) < 4.78 is 32.4. The number of anilines is 1. The van der Waals surface area contributed by atoms with E-state index in [0.29, 0.717) is 21.7 Å². The predicted octanol–water partition coefficient (Wildman–Crippen LogP) is 3.45. The maximum absolute atomic E-state index is 14.3. The largest absolute Gasteiger partial charge is 0.486 e. The number of benzene rings is 1. The average molecular weight is 313 g/mol. The standard InChI is InChI=1S/C14H17F2N3OS/c1-2-5-18-14-19-10-3-4-11(12(16)13(10)21-14)20-8-9(6-15)7-17/h3-4,6H,2,5,7-8,17H2,1H3,(H,18,19)/b9-6-. The van der Waals surface area contributed by atoms with Crippen LogP contribution in [0.3, 0.4) is 0 Å². The van der Waals surface area contributed by atoms with Crippen LogP contribution in [0.1, 0.15) is 13.3 Å².